The van der Waals surface area contributed by atoms with Gasteiger partial charge in [-0.25, -0.2) is 0 Å². The van der Waals surface area contributed by atoms with Crippen molar-refractivity contribution in [1.82, 2.24) is 0 Å². The van der Waals surface area contributed by atoms with E-state index < -0.39 is 0 Å². The molecule has 1 aliphatic heterocycles. The normalized spacial score (nSPS) is 17.6. The second kappa shape index (κ2) is 11.9. The fourth-order valence-corrected chi connectivity index (χ4v) is 5.80. The molecule has 7 heteroatoms. The van der Waals surface area contributed by atoms with Crippen LogP contribution in [0.15, 0.2) is 102 Å². The summed E-state index contributed by atoms with van der Waals surface area (Å²) in [5.74, 6) is 2.68. The lowest BCUT2D eigenvalue weighted by Gasteiger charge is -2.30. The largest absolute Gasteiger partial charge is 0.493 e. The highest BCUT2D eigenvalue weighted by Gasteiger charge is 2.36. The summed E-state index contributed by atoms with van der Waals surface area (Å²) in [6, 6.07) is 29.5. The van der Waals surface area contributed by atoms with Crippen LogP contribution in [0.3, 0.4) is 0 Å². The number of carbonyl (C=O) groups is 1. The Hall–Kier alpha value is -4.91. The van der Waals surface area contributed by atoms with E-state index in [-0.39, 0.29) is 17.7 Å². The zero-order chi connectivity index (χ0) is 29.1. The molecule has 42 heavy (non-hydrogen) atoms. The lowest BCUT2D eigenvalue weighted by Crippen LogP contribution is -2.27. The average molecular weight is 563 g/mol. The monoisotopic (exact) mass is 562 g/mol. The van der Waals surface area contributed by atoms with Crippen molar-refractivity contribution in [3.63, 3.8) is 0 Å². The van der Waals surface area contributed by atoms with Gasteiger partial charge in [0.25, 0.3) is 0 Å². The Labute approximate surface area is 246 Å². The number of rotatable bonds is 8. The summed E-state index contributed by atoms with van der Waals surface area (Å²) < 4.78 is 22.8. The van der Waals surface area contributed by atoms with Crippen LogP contribution in [0.1, 0.15) is 41.5 Å². The molecule has 6 rings (SSSR count). The van der Waals surface area contributed by atoms with E-state index in [4.69, 9.17) is 18.9 Å². The molecule has 2 N–H and O–H groups in total. The van der Waals surface area contributed by atoms with Gasteiger partial charge in [-0.3, -0.25) is 4.79 Å². The molecule has 2 atom stereocenters. The Morgan fingerprint density at radius 2 is 1.33 bits per heavy atom. The van der Waals surface area contributed by atoms with Crippen molar-refractivity contribution in [2.45, 2.75) is 31.4 Å². The first kappa shape index (κ1) is 27.3. The van der Waals surface area contributed by atoms with E-state index in [1.165, 1.54) is 0 Å². The zero-order valence-electron chi connectivity index (χ0n) is 24.0. The van der Waals surface area contributed by atoms with Gasteiger partial charge in [0.2, 0.25) is 0 Å². The van der Waals surface area contributed by atoms with Crippen molar-refractivity contribution in [3.05, 3.63) is 119 Å². The van der Waals surface area contributed by atoms with Gasteiger partial charge in [-0.05, 0) is 65.4 Å². The summed E-state index contributed by atoms with van der Waals surface area (Å²) in [5, 5.41) is 7.25. The van der Waals surface area contributed by atoms with Crippen LogP contribution in [0.2, 0.25) is 0 Å². The van der Waals surface area contributed by atoms with Gasteiger partial charge >= 0.3 is 0 Å². The first-order chi connectivity index (χ1) is 20.6. The van der Waals surface area contributed by atoms with E-state index in [1.807, 2.05) is 91.0 Å². The molecule has 4 aromatic rings. The average Bonchev–Trinajstić information content (AvgIpc) is 3.21. The molecule has 4 aromatic carbocycles. The smallest absolute Gasteiger partial charge is 0.163 e. The molecule has 1 heterocycles. The summed E-state index contributed by atoms with van der Waals surface area (Å²) in [7, 11) is 4.88. The van der Waals surface area contributed by atoms with Gasteiger partial charge in [0.1, 0.15) is 6.61 Å². The molecule has 0 spiro atoms. The Morgan fingerprint density at radius 1 is 0.690 bits per heavy atom. The van der Waals surface area contributed by atoms with Gasteiger partial charge in [-0.15, -0.1) is 0 Å². The molecule has 0 fully saturated rings. The van der Waals surface area contributed by atoms with Gasteiger partial charge in [-0.2, -0.15) is 0 Å². The molecule has 0 bridgehead atoms. The maximum absolute atomic E-state index is 14.0. The van der Waals surface area contributed by atoms with Crippen LogP contribution in [0.5, 0.6) is 23.0 Å². The maximum Gasteiger partial charge on any atom is 0.163 e. The number of methoxy groups -OCH3 is 3. The number of hydrogen-bond donors (Lipinski definition) is 2. The molecule has 0 unspecified atom stereocenters. The molecule has 0 amide bonds. The number of allylic oxidation sites excluding steroid dienone is 1. The Bertz CT molecular complexity index is 1630. The number of carbonyl (C=O) groups excluding carboxylic acids is 1. The lowest BCUT2D eigenvalue weighted by atomic mass is 9.78. The van der Waals surface area contributed by atoms with Crippen molar-refractivity contribution >= 4 is 17.2 Å². The molecular formula is C35H34N2O5. The highest BCUT2D eigenvalue weighted by molar-refractivity contribution is 6.01. The summed E-state index contributed by atoms with van der Waals surface area (Å²) in [6.45, 7) is 0.431. The number of anilines is 2. The second-order valence-corrected chi connectivity index (χ2v) is 10.5. The lowest BCUT2D eigenvalue weighted by molar-refractivity contribution is -0.116. The van der Waals surface area contributed by atoms with Gasteiger partial charge in [-0.1, -0.05) is 54.6 Å². The van der Waals surface area contributed by atoms with Crippen LogP contribution in [0.25, 0.3) is 0 Å². The number of fused-ring (bicyclic) bond motifs is 1. The highest BCUT2D eigenvalue weighted by Crippen LogP contribution is 2.46. The summed E-state index contributed by atoms with van der Waals surface area (Å²) in [6.07, 6.45) is 1.07. The first-order valence-electron chi connectivity index (χ1n) is 14.0. The summed E-state index contributed by atoms with van der Waals surface area (Å²) >= 11 is 0. The number of Topliss-reactive ketones (excluding diaryl/α,β-unsaturated/α-hetero) is 1. The Balaban J connectivity index is 1.36. The van der Waals surface area contributed by atoms with Crippen molar-refractivity contribution in [3.8, 4) is 23.0 Å². The van der Waals surface area contributed by atoms with E-state index in [2.05, 4.69) is 10.6 Å². The molecule has 1 aliphatic carbocycles. The van der Waals surface area contributed by atoms with Crippen LogP contribution in [0.4, 0.5) is 11.4 Å². The van der Waals surface area contributed by atoms with Crippen LogP contribution in [0, 0.1) is 0 Å². The van der Waals surface area contributed by atoms with Crippen LogP contribution in [-0.4, -0.2) is 27.1 Å². The van der Waals surface area contributed by atoms with Gasteiger partial charge in [0.15, 0.2) is 28.8 Å². The summed E-state index contributed by atoms with van der Waals surface area (Å²) in [5.41, 5.74) is 6.54. The minimum Gasteiger partial charge on any atom is -0.493 e. The zero-order valence-corrected chi connectivity index (χ0v) is 24.0. The van der Waals surface area contributed by atoms with Gasteiger partial charge in [0, 0.05) is 17.7 Å². The third-order valence-electron chi connectivity index (χ3n) is 7.95. The predicted molar refractivity (Wildman–Crippen MR) is 164 cm³/mol. The molecule has 2 aliphatic rings. The number of ketones is 1. The van der Waals surface area contributed by atoms with Gasteiger partial charge in [0.05, 0.1) is 38.7 Å². The molecule has 0 saturated carbocycles. The number of benzene rings is 4. The van der Waals surface area contributed by atoms with Crippen LogP contribution >= 0.6 is 0 Å². The minimum absolute atomic E-state index is 0.00207. The van der Waals surface area contributed by atoms with E-state index in [0.29, 0.717) is 42.4 Å². The fraction of sp³-hybridized carbons (Fsp3) is 0.229. The number of ether oxygens (including phenoxy) is 4. The van der Waals surface area contributed by atoms with Crippen LogP contribution in [-0.2, 0) is 11.4 Å². The van der Waals surface area contributed by atoms with E-state index in [0.717, 1.165) is 39.3 Å². The predicted octanol–water partition coefficient (Wildman–Crippen LogP) is 7.27. The SMILES string of the molecule is COc1ccc([C@@H]2CC(=O)C3=C(C2)Nc2ccccc2N[C@H]3c2ccc(OCc3ccccc3)c(OC)c2)cc1OC. The quantitative estimate of drug-likeness (QED) is 0.234. The minimum atomic E-state index is -0.368. The van der Waals surface area contributed by atoms with Crippen molar-refractivity contribution in [2.24, 2.45) is 0 Å². The molecule has 7 nitrogen and oxygen atoms in total. The number of hydrogen-bond acceptors (Lipinski definition) is 7. The highest BCUT2D eigenvalue weighted by atomic mass is 16.5. The second-order valence-electron chi connectivity index (χ2n) is 10.5. The topological polar surface area (TPSA) is 78.1 Å². The molecule has 0 saturated heterocycles. The number of para-hydroxylation sites is 2. The third kappa shape index (κ3) is 5.38. The molecule has 214 valence electrons. The van der Waals surface area contributed by atoms with E-state index in [9.17, 15) is 4.79 Å². The third-order valence-corrected chi connectivity index (χ3v) is 7.95. The van der Waals surface area contributed by atoms with Crippen LogP contribution < -0.4 is 29.6 Å². The Morgan fingerprint density at radius 3 is 2.10 bits per heavy atom. The van der Waals surface area contributed by atoms with Crippen molar-refractivity contribution < 1.29 is 23.7 Å². The number of nitrogens with one attached hydrogen (secondary N) is 2. The standard InChI is InChI=1S/C35H34N2O5/c1-39-30-15-13-23(19-32(30)40-2)25-17-28-34(29(38)18-25)35(37-27-12-8-7-11-26(27)36-28)24-14-16-31(33(20-24)41-3)42-21-22-9-5-4-6-10-22/h4-16,19-20,25,35-37H,17-18,21H2,1-3H3/t25-,35-/m0/s1. The summed E-state index contributed by atoms with van der Waals surface area (Å²) in [4.78, 5) is 14.0. The van der Waals surface area contributed by atoms with E-state index >= 15 is 0 Å². The van der Waals surface area contributed by atoms with Crippen molar-refractivity contribution in [2.75, 3.05) is 32.0 Å². The van der Waals surface area contributed by atoms with E-state index in [1.54, 1.807) is 21.3 Å². The fourth-order valence-electron chi connectivity index (χ4n) is 5.80. The molecule has 0 aromatic heterocycles. The molecule has 0 radical (unpaired) electrons. The Kier molecular flexibility index (Phi) is 7.73. The maximum atomic E-state index is 14.0. The first-order valence-corrected chi connectivity index (χ1v) is 14.0. The van der Waals surface area contributed by atoms with Gasteiger partial charge < -0.3 is 29.6 Å². The molecular weight excluding hydrogens is 528 g/mol. The van der Waals surface area contributed by atoms with Crippen molar-refractivity contribution in [1.29, 1.82) is 0 Å².